The Hall–Kier alpha value is -4.90. The second-order valence-electron chi connectivity index (χ2n) is 7.18. The van der Waals surface area contributed by atoms with E-state index in [2.05, 4.69) is 10.6 Å². The number of benzene rings is 3. The van der Waals surface area contributed by atoms with Crippen LogP contribution in [0.2, 0.25) is 0 Å². The van der Waals surface area contributed by atoms with Crippen LogP contribution >= 0.6 is 0 Å². The van der Waals surface area contributed by atoms with Crippen LogP contribution in [0.4, 0.5) is 16.2 Å². The molecule has 162 valence electrons. The van der Waals surface area contributed by atoms with Crippen molar-refractivity contribution in [3.05, 3.63) is 83.9 Å². The Labute approximate surface area is 188 Å². The van der Waals surface area contributed by atoms with Gasteiger partial charge >= 0.3 is 6.09 Å². The Morgan fingerprint density at radius 2 is 1.73 bits per heavy atom. The van der Waals surface area contributed by atoms with Crippen LogP contribution in [0.25, 0.3) is 22.3 Å². The van der Waals surface area contributed by atoms with Crippen molar-refractivity contribution in [3.63, 3.8) is 0 Å². The molecule has 2 amide bonds. The van der Waals surface area contributed by atoms with E-state index in [1.54, 1.807) is 24.3 Å². The van der Waals surface area contributed by atoms with E-state index >= 15 is 0 Å². The van der Waals surface area contributed by atoms with Crippen LogP contribution in [0.15, 0.2) is 77.2 Å². The molecule has 0 aliphatic carbocycles. The molecule has 4 rings (SSSR count). The maximum absolute atomic E-state index is 12.6. The van der Waals surface area contributed by atoms with E-state index in [1.807, 2.05) is 36.4 Å². The van der Waals surface area contributed by atoms with E-state index in [4.69, 9.17) is 14.8 Å². The molecule has 4 aromatic rings. The maximum Gasteiger partial charge on any atom is 0.409 e. The van der Waals surface area contributed by atoms with Crippen molar-refractivity contribution in [2.24, 2.45) is 0 Å². The zero-order valence-electron chi connectivity index (χ0n) is 17.2. The molecule has 1 aromatic heterocycles. The van der Waals surface area contributed by atoms with Crippen LogP contribution in [0.5, 0.6) is 0 Å². The Morgan fingerprint density at radius 3 is 2.48 bits per heavy atom. The minimum absolute atomic E-state index is 0.148. The molecule has 0 saturated carbocycles. The number of hydrogen-bond acceptors (Lipinski definition) is 5. The highest BCUT2D eigenvalue weighted by Crippen LogP contribution is 2.32. The van der Waals surface area contributed by atoms with E-state index in [1.165, 1.54) is 18.2 Å². The van der Waals surface area contributed by atoms with Gasteiger partial charge in [0.05, 0.1) is 29.4 Å². The fourth-order valence-corrected chi connectivity index (χ4v) is 3.35. The Morgan fingerprint density at radius 1 is 0.909 bits per heavy atom. The van der Waals surface area contributed by atoms with Gasteiger partial charge in [0.15, 0.2) is 5.78 Å². The second-order valence-corrected chi connectivity index (χ2v) is 7.18. The number of amides is 2. The predicted octanol–water partition coefficient (Wildman–Crippen LogP) is 5.27. The SMILES string of the molecule is N#Cc1cccc(C(=O)CC(=O)Nc2cc(-c3cc4ccccc4o3)ccc2NC(=O)O)c1. The quantitative estimate of drug-likeness (QED) is 0.277. The highest BCUT2D eigenvalue weighted by Gasteiger charge is 2.16. The first kappa shape index (κ1) is 21.3. The Balaban J connectivity index is 1.59. The topological polar surface area (TPSA) is 132 Å². The van der Waals surface area contributed by atoms with Gasteiger partial charge in [0.25, 0.3) is 0 Å². The first-order valence-corrected chi connectivity index (χ1v) is 9.89. The molecule has 0 aliphatic rings. The zero-order valence-corrected chi connectivity index (χ0v) is 17.2. The standard InChI is InChI=1S/C25H17N3O5/c26-14-15-4-3-6-16(10-15)21(29)13-24(30)27-20-11-18(8-9-19(20)28-25(31)32)23-12-17-5-1-2-7-22(17)33-23/h1-12,28H,13H2,(H,27,30)(H,31,32). The molecule has 0 atom stereocenters. The number of hydrogen-bond donors (Lipinski definition) is 3. The number of carbonyl (C=O) groups is 3. The smallest absolute Gasteiger partial charge is 0.409 e. The summed E-state index contributed by atoms with van der Waals surface area (Å²) in [4.78, 5) is 36.2. The number of para-hydroxylation sites is 1. The lowest BCUT2D eigenvalue weighted by atomic mass is 10.1. The van der Waals surface area contributed by atoms with Gasteiger partial charge in [0.1, 0.15) is 11.3 Å². The molecule has 1 heterocycles. The molecule has 8 nitrogen and oxygen atoms in total. The van der Waals surface area contributed by atoms with E-state index < -0.39 is 24.2 Å². The summed E-state index contributed by atoms with van der Waals surface area (Å²) >= 11 is 0. The summed E-state index contributed by atoms with van der Waals surface area (Å²) in [6.45, 7) is 0. The number of nitrogens with one attached hydrogen (secondary N) is 2. The lowest BCUT2D eigenvalue weighted by Crippen LogP contribution is -2.18. The molecule has 3 N–H and O–H groups in total. The molecule has 0 bridgehead atoms. The minimum atomic E-state index is -1.30. The van der Waals surface area contributed by atoms with Crippen molar-refractivity contribution in [3.8, 4) is 17.4 Å². The fourth-order valence-electron chi connectivity index (χ4n) is 3.35. The van der Waals surface area contributed by atoms with Crippen molar-refractivity contribution in [1.29, 1.82) is 5.26 Å². The molecular weight excluding hydrogens is 422 g/mol. The number of furan rings is 1. The van der Waals surface area contributed by atoms with Crippen molar-refractivity contribution < 1.29 is 23.9 Å². The van der Waals surface area contributed by atoms with Gasteiger partial charge in [-0.25, -0.2) is 4.79 Å². The number of ketones is 1. The third-order valence-corrected chi connectivity index (χ3v) is 4.88. The molecule has 0 fully saturated rings. The second kappa shape index (κ2) is 9.08. The van der Waals surface area contributed by atoms with Crippen LogP contribution in [0.3, 0.4) is 0 Å². The van der Waals surface area contributed by atoms with Gasteiger partial charge in [-0.15, -0.1) is 0 Å². The number of anilines is 2. The highest BCUT2D eigenvalue weighted by atomic mass is 16.4. The van der Waals surface area contributed by atoms with Gasteiger partial charge in [0.2, 0.25) is 5.91 Å². The lowest BCUT2D eigenvalue weighted by molar-refractivity contribution is -0.115. The van der Waals surface area contributed by atoms with Gasteiger partial charge in [-0.1, -0.05) is 30.3 Å². The van der Waals surface area contributed by atoms with Crippen molar-refractivity contribution in [2.45, 2.75) is 6.42 Å². The summed E-state index contributed by atoms with van der Waals surface area (Å²) in [7, 11) is 0. The summed E-state index contributed by atoms with van der Waals surface area (Å²) in [6, 6.07) is 22.1. The summed E-state index contributed by atoms with van der Waals surface area (Å²) in [5.74, 6) is -0.554. The predicted molar refractivity (Wildman–Crippen MR) is 122 cm³/mol. The highest BCUT2D eigenvalue weighted by molar-refractivity contribution is 6.12. The van der Waals surface area contributed by atoms with Gasteiger partial charge < -0.3 is 14.8 Å². The number of fused-ring (bicyclic) bond motifs is 1. The first-order chi connectivity index (χ1) is 15.9. The molecular formula is C25H17N3O5. The monoisotopic (exact) mass is 439 g/mol. The summed E-state index contributed by atoms with van der Waals surface area (Å²) < 4.78 is 5.85. The van der Waals surface area contributed by atoms with Crippen molar-refractivity contribution >= 4 is 40.1 Å². The third-order valence-electron chi connectivity index (χ3n) is 4.88. The van der Waals surface area contributed by atoms with Crippen LogP contribution in [0, 0.1) is 11.3 Å². The molecule has 0 spiro atoms. The maximum atomic E-state index is 12.6. The lowest BCUT2D eigenvalue weighted by Gasteiger charge is -2.12. The van der Waals surface area contributed by atoms with Crippen LogP contribution < -0.4 is 10.6 Å². The molecule has 8 heteroatoms. The fraction of sp³-hybridized carbons (Fsp3) is 0.0400. The van der Waals surface area contributed by atoms with Crippen LogP contribution in [-0.2, 0) is 4.79 Å². The number of carbonyl (C=O) groups excluding carboxylic acids is 2. The Kier molecular flexibility index (Phi) is 5.87. The number of Topliss-reactive ketones (excluding diaryl/α,β-unsaturated/α-hetero) is 1. The van der Waals surface area contributed by atoms with Gasteiger partial charge in [-0.05, 0) is 42.5 Å². The number of nitrogens with zero attached hydrogens (tertiary/aromatic N) is 1. The van der Waals surface area contributed by atoms with Crippen LogP contribution in [0.1, 0.15) is 22.3 Å². The number of carboxylic acid groups (broad SMARTS) is 1. The van der Waals surface area contributed by atoms with Gasteiger partial charge in [0, 0.05) is 16.5 Å². The van der Waals surface area contributed by atoms with Crippen molar-refractivity contribution in [1.82, 2.24) is 0 Å². The third kappa shape index (κ3) is 4.89. The van der Waals surface area contributed by atoms with Crippen LogP contribution in [-0.4, -0.2) is 22.9 Å². The van der Waals surface area contributed by atoms with Gasteiger partial charge in [-0.3, -0.25) is 14.9 Å². The number of rotatable bonds is 6. The summed E-state index contributed by atoms with van der Waals surface area (Å²) in [5.41, 5.74) is 2.19. The van der Waals surface area contributed by atoms with Gasteiger partial charge in [-0.2, -0.15) is 5.26 Å². The summed E-state index contributed by atoms with van der Waals surface area (Å²) in [6.07, 6.45) is -1.78. The summed E-state index contributed by atoms with van der Waals surface area (Å²) in [5, 5.41) is 23.8. The molecule has 3 aromatic carbocycles. The average molecular weight is 439 g/mol. The van der Waals surface area contributed by atoms with E-state index in [0.29, 0.717) is 22.5 Å². The molecule has 0 radical (unpaired) electrons. The number of nitriles is 1. The van der Waals surface area contributed by atoms with E-state index in [-0.39, 0.29) is 16.9 Å². The van der Waals surface area contributed by atoms with E-state index in [0.717, 1.165) is 5.39 Å². The largest absolute Gasteiger partial charge is 0.465 e. The Bertz CT molecular complexity index is 1400. The van der Waals surface area contributed by atoms with Crippen molar-refractivity contribution in [2.75, 3.05) is 10.6 Å². The minimum Gasteiger partial charge on any atom is -0.465 e. The molecule has 0 unspecified atom stereocenters. The first-order valence-electron chi connectivity index (χ1n) is 9.89. The molecule has 0 aliphatic heterocycles. The average Bonchev–Trinajstić information content (AvgIpc) is 3.24. The zero-order chi connectivity index (χ0) is 23.4. The normalized spacial score (nSPS) is 10.4. The molecule has 0 saturated heterocycles. The molecule has 33 heavy (non-hydrogen) atoms. The van der Waals surface area contributed by atoms with E-state index in [9.17, 15) is 14.4 Å².